The molecule has 0 unspecified atom stereocenters. The summed E-state index contributed by atoms with van der Waals surface area (Å²) in [7, 11) is -3.72. The standard InChI is InChI=1S/C20H23N5O4S2/c1-3-25(4-2)31(28,29)16-9-10-18(26)17(11-16)23-19(27)15-7-5-14(6-8-15)12-30-20-21-13-22-24-20/h5-11,13,26H,3-4,12H2,1-2H3,(H,23,27)(H,21,22,24). The highest BCUT2D eigenvalue weighted by atomic mass is 32.2. The van der Waals surface area contributed by atoms with Crippen molar-refractivity contribution < 1.29 is 18.3 Å². The van der Waals surface area contributed by atoms with E-state index in [2.05, 4.69) is 20.5 Å². The van der Waals surface area contributed by atoms with E-state index >= 15 is 0 Å². The van der Waals surface area contributed by atoms with E-state index in [1.807, 2.05) is 12.1 Å². The van der Waals surface area contributed by atoms with Crippen molar-refractivity contribution in [3.8, 4) is 5.75 Å². The molecule has 0 saturated heterocycles. The maximum Gasteiger partial charge on any atom is 0.255 e. The van der Waals surface area contributed by atoms with E-state index in [9.17, 15) is 18.3 Å². The lowest BCUT2D eigenvalue weighted by Crippen LogP contribution is -2.30. The molecular formula is C20H23N5O4S2. The number of benzene rings is 2. The normalized spacial score (nSPS) is 11.6. The summed E-state index contributed by atoms with van der Waals surface area (Å²) in [6.07, 6.45) is 1.44. The molecule has 3 rings (SSSR count). The summed E-state index contributed by atoms with van der Waals surface area (Å²) in [4.78, 5) is 16.7. The first kappa shape index (κ1) is 22.8. The van der Waals surface area contributed by atoms with E-state index in [1.54, 1.807) is 26.0 Å². The fraction of sp³-hybridized carbons (Fsp3) is 0.250. The van der Waals surface area contributed by atoms with Gasteiger partial charge in [0.2, 0.25) is 10.0 Å². The topological polar surface area (TPSA) is 128 Å². The second-order valence-corrected chi connectivity index (χ2v) is 9.40. The average Bonchev–Trinajstić information content (AvgIpc) is 3.28. The molecule has 0 spiro atoms. The highest BCUT2D eigenvalue weighted by Gasteiger charge is 2.23. The summed E-state index contributed by atoms with van der Waals surface area (Å²) in [5, 5.41) is 20.0. The van der Waals surface area contributed by atoms with Crippen LogP contribution < -0.4 is 5.32 Å². The van der Waals surface area contributed by atoms with E-state index in [0.29, 0.717) is 29.6 Å². The first-order valence-corrected chi connectivity index (χ1v) is 12.0. The molecule has 0 atom stereocenters. The number of aromatic nitrogens is 3. The molecule has 0 aliphatic rings. The molecular weight excluding hydrogens is 438 g/mol. The zero-order valence-corrected chi connectivity index (χ0v) is 18.7. The number of nitrogens with zero attached hydrogens (tertiary/aromatic N) is 3. The first-order valence-electron chi connectivity index (χ1n) is 9.56. The molecule has 3 N–H and O–H groups in total. The molecule has 11 heteroatoms. The number of anilines is 1. The van der Waals surface area contributed by atoms with Crippen molar-refractivity contribution in [2.75, 3.05) is 18.4 Å². The van der Waals surface area contributed by atoms with E-state index < -0.39 is 15.9 Å². The Labute approximate surface area is 185 Å². The van der Waals surface area contributed by atoms with Gasteiger partial charge in [-0.1, -0.05) is 37.7 Å². The van der Waals surface area contributed by atoms with Crippen LogP contribution in [0.1, 0.15) is 29.8 Å². The van der Waals surface area contributed by atoms with Crippen LogP contribution in [0.15, 0.2) is 58.8 Å². The van der Waals surface area contributed by atoms with Crippen LogP contribution in [0.4, 0.5) is 5.69 Å². The fourth-order valence-electron chi connectivity index (χ4n) is 2.85. The van der Waals surface area contributed by atoms with Crippen molar-refractivity contribution in [2.45, 2.75) is 29.7 Å². The number of sulfonamides is 1. The minimum absolute atomic E-state index is 0.00379. The SMILES string of the molecule is CCN(CC)S(=O)(=O)c1ccc(O)c(NC(=O)c2ccc(CSc3ncn[nH]3)cc2)c1. The quantitative estimate of drug-likeness (QED) is 0.330. The highest BCUT2D eigenvalue weighted by Crippen LogP contribution is 2.28. The largest absolute Gasteiger partial charge is 0.506 e. The van der Waals surface area contributed by atoms with Gasteiger partial charge in [0.1, 0.15) is 12.1 Å². The summed E-state index contributed by atoms with van der Waals surface area (Å²) in [5.74, 6) is -0.0163. The van der Waals surface area contributed by atoms with Gasteiger partial charge in [-0.05, 0) is 35.9 Å². The minimum Gasteiger partial charge on any atom is -0.506 e. The Morgan fingerprint density at radius 1 is 1.16 bits per heavy atom. The predicted molar refractivity (Wildman–Crippen MR) is 119 cm³/mol. The number of H-pyrrole nitrogens is 1. The fourth-order valence-corrected chi connectivity index (χ4v) is 5.07. The summed E-state index contributed by atoms with van der Waals surface area (Å²) in [6, 6.07) is 10.8. The Kier molecular flexibility index (Phi) is 7.31. The van der Waals surface area contributed by atoms with E-state index in [0.717, 1.165) is 5.56 Å². The van der Waals surface area contributed by atoms with Crippen molar-refractivity contribution in [1.29, 1.82) is 0 Å². The van der Waals surface area contributed by atoms with Gasteiger partial charge in [-0.25, -0.2) is 13.4 Å². The predicted octanol–water partition coefficient (Wildman–Crippen LogP) is 3.09. The lowest BCUT2D eigenvalue weighted by Gasteiger charge is -2.19. The van der Waals surface area contributed by atoms with Crippen molar-refractivity contribution in [3.05, 3.63) is 59.9 Å². The van der Waals surface area contributed by atoms with Crippen LogP contribution in [-0.2, 0) is 15.8 Å². The summed E-state index contributed by atoms with van der Waals surface area (Å²) in [6.45, 7) is 4.14. The van der Waals surface area contributed by atoms with Crippen LogP contribution in [0, 0.1) is 0 Å². The number of hydrogen-bond acceptors (Lipinski definition) is 7. The van der Waals surface area contributed by atoms with Gasteiger partial charge in [-0.15, -0.1) is 0 Å². The van der Waals surface area contributed by atoms with Gasteiger partial charge in [-0.3, -0.25) is 9.89 Å². The number of rotatable bonds is 9. The molecule has 3 aromatic rings. The first-order chi connectivity index (χ1) is 14.8. The van der Waals surface area contributed by atoms with Gasteiger partial charge in [0.25, 0.3) is 5.91 Å². The number of nitrogens with one attached hydrogen (secondary N) is 2. The third-order valence-electron chi connectivity index (χ3n) is 4.54. The Bertz CT molecular complexity index is 1130. The molecule has 1 aromatic heterocycles. The van der Waals surface area contributed by atoms with Crippen LogP contribution >= 0.6 is 11.8 Å². The molecule has 31 heavy (non-hydrogen) atoms. The number of hydrogen-bond donors (Lipinski definition) is 3. The van der Waals surface area contributed by atoms with Crippen molar-refractivity contribution in [3.63, 3.8) is 0 Å². The van der Waals surface area contributed by atoms with Crippen LogP contribution in [0.2, 0.25) is 0 Å². The number of phenolic OH excluding ortho intramolecular Hbond substituents is 1. The molecule has 0 fully saturated rings. The molecule has 9 nitrogen and oxygen atoms in total. The summed E-state index contributed by atoms with van der Waals surface area (Å²) >= 11 is 1.49. The van der Waals surface area contributed by atoms with Gasteiger partial charge in [0.05, 0.1) is 10.6 Å². The minimum atomic E-state index is -3.72. The van der Waals surface area contributed by atoms with Gasteiger partial charge in [-0.2, -0.15) is 9.40 Å². The second-order valence-electron chi connectivity index (χ2n) is 6.50. The van der Waals surface area contributed by atoms with Crippen LogP contribution in [0.3, 0.4) is 0 Å². The van der Waals surface area contributed by atoms with Crippen molar-refractivity contribution in [1.82, 2.24) is 19.5 Å². The maximum atomic E-state index is 12.7. The molecule has 0 saturated carbocycles. The zero-order valence-electron chi connectivity index (χ0n) is 17.1. The van der Waals surface area contributed by atoms with Crippen molar-refractivity contribution in [2.24, 2.45) is 0 Å². The molecule has 1 amide bonds. The molecule has 0 bridgehead atoms. The maximum absolute atomic E-state index is 12.7. The van der Waals surface area contributed by atoms with E-state index in [1.165, 1.54) is 40.6 Å². The number of amides is 1. The summed E-state index contributed by atoms with van der Waals surface area (Å²) < 4.78 is 26.7. The zero-order chi connectivity index (χ0) is 22.4. The average molecular weight is 462 g/mol. The van der Waals surface area contributed by atoms with Gasteiger partial charge in [0.15, 0.2) is 5.16 Å². The molecule has 0 aliphatic heterocycles. The van der Waals surface area contributed by atoms with Gasteiger partial charge in [0, 0.05) is 24.4 Å². The second kappa shape index (κ2) is 9.94. The molecule has 0 aliphatic carbocycles. The number of carbonyl (C=O) groups excluding carboxylic acids is 1. The third-order valence-corrected chi connectivity index (χ3v) is 7.54. The Balaban J connectivity index is 1.72. The summed E-state index contributed by atoms with van der Waals surface area (Å²) in [5.41, 5.74) is 1.40. The van der Waals surface area contributed by atoms with E-state index in [4.69, 9.17) is 0 Å². The number of aromatic hydroxyl groups is 1. The lowest BCUT2D eigenvalue weighted by atomic mass is 10.1. The van der Waals surface area contributed by atoms with Crippen LogP contribution in [-0.4, -0.2) is 52.0 Å². The molecule has 164 valence electrons. The molecule has 2 aromatic carbocycles. The number of phenols is 1. The molecule has 0 radical (unpaired) electrons. The van der Waals surface area contributed by atoms with E-state index in [-0.39, 0.29) is 16.3 Å². The van der Waals surface area contributed by atoms with Crippen LogP contribution in [0.25, 0.3) is 0 Å². The molecule has 1 heterocycles. The van der Waals surface area contributed by atoms with Crippen molar-refractivity contribution >= 4 is 33.4 Å². The highest BCUT2D eigenvalue weighted by molar-refractivity contribution is 7.98. The monoisotopic (exact) mass is 461 g/mol. The van der Waals surface area contributed by atoms with Crippen LogP contribution in [0.5, 0.6) is 5.75 Å². The Morgan fingerprint density at radius 2 is 1.87 bits per heavy atom. The Hall–Kier alpha value is -2.89. The third kappa shape index (κ3) is 5.43. The lowest BCUT2D eigenvalue weighted by molar-refractivity contribution is 0.102. The number of thioether (sulfide) groups is 1. The number of carbonyl (C=O) groups is 1. The Morgan fingerprint density at radius 3 is 2.48 bits per heavy atom. The number of aromatic amines is 1. The smallest absolute Gasteiger partial charge is 0.255 e. The van der Waals surface area contributed by atoms with Gasteiger partial charge < -0.3 is 10.4 Å². The van der Waals surface area contributed by atoms with Gasteiger partial charge >= 0.3 is 0 Å².